The maximum absolute atomic E-state index is 12.6. The molecular formula is C19H19N3O2. The monoisotopic (exact) mass is 321 g/mol. The van der Waals surface area contributed by atoms with E-state index in [4.69, 9.17) is 0 Å². The van der Waals surface area contributed by atoms with Crippen molar-refractivity contribution in [3.05, 3.63) is 77.0 Å². The zero-order chi connectivity index (χ0) is 16.9. The number of carbonyl (C=O) groups is 2. The van der Waals surface area contributed by atoms with Crippen molar-refractivity contribution in [2.45, 2.75) is 20.0 Å². The molecule has 5 heteroatoms. The minimum Gasteiger partial charge on any atom is -0.322 e. The third-order valence-corrected chi connectivity index (χ3v) is 3.77. The molecule has 0 unspecified atom stereocenters. The molecule has 1 aliphatic rings. The van der Waals surface area contributed by atoms with Crippen molar-refractivity contribution in [3.63, 3.8) is 0 Å². The predicted octanol–water partition coefficient (Wildman–Crippen LogP) is 2.21. The molecule has 24 heavy (non-hydrogen) atoms. The second-order valence-corrected chi connectivity index (χ2v) is 5.72. The van der Waals surface area contributed by atoms with Crippen molar-refractivity contribution >= 4 is 17.9 Å². The van der Waals surface area contributed by atoms with Crippen molar-refractivity contribution in [2.24, 2.45) is 0 Å². The van der Waals surface area contributed by atoms with Crippen LogP contribution in [0.25, 0.3) is 6.08 Å². The summed E-state index contributed by atoms with van der Waals surface area (Å²) >= 11 is 0. The summed E-state index contributed by atoms with van der Waals surface area (Å²) in [6.45, 7) is 2.69. The molecule has 0 aromatic heterocycles. The summed E-state index contributed by atoms with van der Waals surface area (Å²) in [4.78, 5) is 24.0. The number of carbonyl (C=O) groups excluding carboxylic acids is 2. The standard InChI is InChI=1S/C19H19N3O2/c1-14(23)20-18(11-15-7-3-2-4-8-15)19(24)21-22-12-16-9-5-6-10-17(16)13-22/h2-11H,12-13H2,1H3,(H,20,23)(H,21,24)/b18-11-. The van der Waals surface area contributed by atoms with Gasteiger partial charge in [0.1, 0.15) is 5.70 Å². The first kappa shape index (κ1) is 16.0. The Morgan fingerprint density at radius 3 is 2.12 bits per heavy atom. The molecule has 3 rings (SSSR count). The average Bonchev–Trinajstić information content (AvgIpc) is 2.97. The molecule has 1 aliphatic heterocycles. The van der Waals surface area contributed by atoms with Gasteiger partial charge in [-0.15, -0.1) is 0 Å². The van der Waals surface area contributed by atoms with Crippen LogP contribution in [0.1, 0.15) is 23.6 Å². The summed E-state index contributed by atoms with van der Waals surface area (Å²) in [6.07, 6.45) is 1.67. The maximum atomic E-state index is 12.6. The predicted molar refractivity (Wildman–Crippen MR) is 92.1 cm³/mol. The molecule has 5 nitrogen and oxygen atoms in total. The zero-order valence-corrected chi connectivity index (χ0v) is 13.5. The van der Waals surface area contributed by atoms with E-state index in [0.717, 1.165) is 5.56 Å². The molecule has 0 atom stereocenters. The van der Waals surface area contributed by atoms with Gasteiger partial charge in [0.05, 0.1) is 0 Å². The number of benzene rings is 2. The Balaban J connectivity index is 1.73. The van der Waals surface area contributed by atoms with E-state index >= 15 is 0 Å². The molecule has 1 heterocycles. The second-order valence-electron chi connectivity index (χ2n) is 5.72. The zero-order valence-electron chi connectivity index (χ0n) is 13.5. The number of rotatable bonds is 4. The first-order valence-electron chi connectivity index (χ1n) is 7.79. The Morgan fingerprint density at radius 1 is 0.958 bits per heavy atom. The third kappa shape index (κ3) is 3.88. The van der Waals surface area contributed by atoms with E-state index in [1.165, 1.54) is 18.1 Å². The van der Waals surface area contributed by atoms with Crippen molar-refractivity contribution in [1.82, 2.24) is 15.8 Å². The van der Waals surface area contributed by atoms with Crippen LogP contribution in [-0.4, -0.2) is 16.8 Å². The van der Waals surface area contributed by atoms with Gasteiger partial charge in [0.2, 0.25) is 5.91 Å². The summed E-state index contributed by atoms with van der Waals surface area (Å²) in [6, 6.07) is 17.5. The van der Waals surface area contributed by atoms with Crippen LogP contribution in [0.3, 0.4) is 0 Å². The van der Waals surface area contributed by atoms with E-state index in [1.54, 1.807) is 6.08 Å². The molecule has 122 valence electrons. The van der Waals surface area contributed by atoms with Gasteiger partial charge in [0, 0.05) is 20.0 Å². The van der Waals surface area contributed by atoms with Gasteiger partial charge in [-0.3, -0.25) is 15.0 Å². The topological polar surface area (TPSA) is 61.4 Å². The van der Waals surface area contributed by atoms with Gasteiger partial charge in [0.25, 0.3) is 5.91 Å². The molecule has 0 aliphatic carbocycles. The normalized spacial score (nSPS) is 14.1. The van der Waals surface area contributed by atoms with Crippen LogP contribution in [0, 0.1) is 0 Å². The van der Waals surface area contributed by atoms with Crippen molar-refractivity contribution < 1.29 is 9.59 Å². The lowest BCUT2D eigenvalue weighted by atomic mass is 10.1. The number of nitrogens with zero attached hydrogens (tertiary/aromatic N) is 1. The first-order chi connectivity index (χ1) is 11.6. The summed E-state index contributed by atoms with van der Waals surface area (Å²) in [5.41, 5.74) is 6.34. The molecule has 0 radical (unpaired) electrons. The minimum atomic E-state index is -0.332. The van der Waals surface area contributed by atoms with Crippen LogP contribution in [0.2, 0.25) is 0 Å². The quantitative estimate of drug-likeness (QED) is 0.849. The smallest absolute Gasteiger partial charge is 0.282 e. The van der Waals surface area contributed by atoms with Crippen LogP contribution < -0.4 is 10.7 Å². The molecule has 2 aromatic carbocycles. The van der Waals surface area contributed by atoms with Crippen LogP contribution in [0.4, 0.5) is 0 Å². The van der Waals surface area contributed by atoms with Crippen molar-refractivity contribution in [1.29, 1.82) is 0 Å². The fourth-order valence-corrected chi connectivity index (χ4v) is 2.68. The lowest BCUT2D eigenvalue weighted by molar-refractivity contribution is -0.125. The van der Waals surface area contributed by atoms with Gasteiger partial charge in [-0.2, -0.15) is 0 Å². The van der Waals surface area contributed by atoms with E-state index < -0.39 is 0 Å². The molecule has 0 bridgehead atoms. The molecule has 0 saturated carbocycles. The number of hydrazine groups is 1. The molecule has 2 amide bonds. The molecule has 0 fully saturated rings. The summed E-state index contributed by atoms with van der Waals surface area (Å²) in [5, 5.41) is 4.45. The van der Waals surface area contributed by atoms with Crippen molar-refractivity contribution in [3.8, 4) is 0 Å². The number of amides is 2. The van der Waals surface area contributed by atoms with E-state index in [0.29, 0.717) is 13.1 Å². The number of fused-ring (bicyclic) bond motifs is 1. The molecule has 0 saturated heterocycles. The minimum absolute atomic E-state index is 0.227. The molecule has 2 aromatic rings. The SMILES string of the molecule is CC(=O)N/C(=C\c1ccccc1)C(=O)NN1Cc2ccccc2C1. The van der Waals surface area contributed by atoms with E-state index in [-0.39, 0.29) is 17.5 Å². The van der Waals surface area contributed by atoms with Gasteiger partial charge in [-0.05, 0) is 22.8 Å². The highest BCUT2D eigenvalue weighted by Crippen LogP contribution is 2.20. The lowest BCUT2D eigenvalue weighted by Crippen LogP contribution is -2.42. The highest BCUT2D eigenvalue weighted by atomic mass is 16.2. The van der Waals surface area contributed by atoms with E-state index in [1.807, 2.05) is 47.5 Å². The fourth-order valence-electron chi connectivity index (χ4n) is 2.68. The summed E-state index contributed by atoms with van der Waals surface area (Å²) < 4.78 is 0. The third-order valence-electron chi connectivity index (χ3n) is 3.77. The second kappa shape index (κ2) is 7.10. The van der Waals surface area contributed by atoms with Crippen LogP contribution >= 0.6 is 0 Å². The highest BCUT2D eigenvalue weighted by Gasteiger charge is 2.21. The van der Waals surface area contributed by atoms with Gasteiger partial charge < -0.3 is 5.32 Å². The maximum Gasteiger partial charge on any atom is 0.282 e. The number of nitrogens with one attached hydrogen (secondary N) is 2. The fraction of sp³-hybridized carbons (Fsp3) is 0.158. The molecular weight excluding hydrogens is 302 g/mol. The van der Waals surface area contributed by atoms with E-state index in [9.17, 15) is 9.59 Å². The Morgan fingerprint density at radius 2 is 1.54 bits per heavy atom. The Labute approximate surface area is 141 Å². The average molecular weight is 321 g/mol. The molecule has 2 N–H and O–H groups in total. The van der Waals surface area contributed by atoms with Crippen molar-refractivity contribution in [2.75, 3.05) is 0 Å². The van der Waals surface area contributed by atoms with Crippen LogP contribution in [0.15, 0.2) is 60.3 Å². The van der Waals surface area contributed by atoms with Gasteiger partial charge in [-0.1, -0.05) is 54.6 Å². The Bertz CT molecular complexity index is 759. The van der Waals surface area contributed by atoms with Gasteiger partial charge in [0.15, 0.2) is 0 Å². The van der Waals surface area contributed by atoms with Crippen LogP contribution in [-0.2, 0) is 22.7 Å². The molecule has 0 spiro atoms. The highest BCUT2D eigenvalue weighted by molar-refractivity contribution is 6.00. The van der Waals surface area contributed by atoms with Gasteiger partial charge in [-0.25, -0.2) is 5.01 Å². The Hall–Kier alpha value is -2.92. The van der Waals surface area contributed by atoms with Gasteiger partial charge >= 0.3 is 0 Å². The van der Waals surface area contributed by atoms with E-state index in [2.05, 4.69) is 22.9 Å². The number of hydrogen-bond donors (Lipinski definition) is 2. The lowest BCUT2D eigenvalue weighted by Gasteiger charge is -2.18. The largest absolute Gasteiger partial charge is 0.322 e. The Kier molecular flexibility index (Phi) is 4.72. The summed E-state index contributed by atoms with van der Waals surface area (Å²) in [7, 11) is 0. The van der Waals surface area contributed by atoms with Crippen LogP contribution in [0.5, 0.6) is 0 Å². The first-order valence-corrected chi connectivity index (χ1v) is 7.79. The summed E-state index contributed by atoms with van der Waals surface area (Å²) in [5.74, 6) is -0.612. The number of hydrogen-bond acceptors (Lipinski definition) is 3.